The molecular weight excluding hydrogens is 312 g/mol. The van der Waals surface area contributed by atoms with E-state index >= 15 is 0 Å². The molecule has 0 bridgehead atoms. The summed E-state index contributed by atoms with van der Waals surface area (Å²) in [4.78, 5) is 2.66. The van der Waals surface area contributed by atoms with Crippen molar-refractivity contribution >= 4 is 22.4 Å². The van der Waals surface area contributed by atoms with Gasteiger partial charge in [0, 0.05) is 23.0 Å². The van der Waals surface area contributed by atoms with Crippen LogP contribution in [-0.2, 0) is 6.42 Å². The average molecular weight is 336 g/mol. The Morgan fingerprint density at radius 3 is 3.00 bits per heavy atom. The van der Waals surface area contributed by atoms with E-state index in [-0.39, 0.29) is 11.3 Å². The molecule has 3 aliphatic rings. The van der Waals surface area contributed by atoms with E-state index in [1.807, 2.05) is 0 Å². The fraction of sp³-hybridized carbons (Fsp3) is 0.450. The molecule has 1 saturated heterocycles. The van der Waals surface area contributed by atoms with Crippen LogP contribution in [0.5, 0.6) is 0 Å². The van der Waals surface area contributed by atoms with Crippen LogP contribution in [0.1, 0.15) is 43.5 Å². The van der Waals surface area contributed by atoms with E-state index in [4.69, 9.17) is 5.73 Å². The van der Waals surface area contributed by atoms with Gasteiger partial charge in [-0.05, 0) is 49.9 Å². The lowest BCUT2D eigenvalue weighted by atomic mass is 9.66. The number of oxime groups is 1. The molecule has 2 atom stereocenters. The Bertz CT molecular complexity index is 925. The standard InChI is InChI=1S/C20H24N4O/c1-2-20-9-5-10-23-11-8-14-13-6-3-4-7-15(13)24(17(14)18(20)23)16(12-20)19(21)22-25/h3-4,6-7,12,18,25H,2,5,8-11H2,1H3,(H2,21,22)/t18?,20-/m0/s1. The summed E-state index contributed by atoms with van der Waals surface area (Å²) in [6.07, 6.45) is 6.81. The van der Waals surface area contributed by atoms with E-state index in [0.29, 0.717) is 6.04 Å². The molecule has 0 saturated carbocycles. The highest BCUT2D eigenvalue weighted by Gasteiger charge is 2.50. The number of aromatic nitrogens is 1. The molecule has 3 N–H and O–H groups in total. The van der Waals surface area contributed by atoms with Crippen LogP contribution in [0.2, 0.25) is 0 Å². The Labute approximate surface area is 147 Å². The summed E-state index contributed by atoms with van der Waals surface area (Å²) in [5.74, 6) is 0.206. The minimum Gasteiger partial charge on any atom is -0.409 e. The number of nitrogens with two attached hydrogens (primary N) is 1. The number of amidine groups is 1. The lowest BCUT2D eigenvalue weighted by Crippen LogP contribution is -2.51. The van der Waals surface area contributed by atoms with Gasteiger partial charge in [-0.1, -0.05) is 30.3 Å². The highest BCUT2D eigenvalue weighted by molar-refractivity contribution is 6.18. The van der Waals surface area contributed by atoms with Crippen molar-refractivity contribution in [3.05, 3.63) is 41.6 Å². The van der Waals surface area contributed by atoms with Gasteiger partial charge >= 0.3 is 0 Å². The predicted molar refractivity (Wildman–Crippen MR) is 99.6 cm³/mol. The van der Waals surface area contributed by atoms with Gasteiger partial charge in [-0.25, -0.2) is 0 Å². The third-order valence-electron chi connectivity index (χ3n) is 6.62. The maximum atomic E-state index is 9.41. The van der Waals surface area contributed by atoms with Crippen LogP contribution in [0.3, 0.4) is 0 Å². The van der Waals surface area contributed by atoms with Crippen LogP contribution in [-0.4, -0.2) is 33.6 Å². The number of hydrogen-bond donors (Lipinski definition) is 2. The minimum absolute atomic E-state index is 0.0719. The lowest BCUT2D eigenvalue weighted by Gasteiger charge is -2.53. The van der Waals surface area contributed by atoms with Crippen molar-refractivity contribution in [2.45, 2.75) is 38.6 Å². The largest absolute Gasteiger partial charge is 0.409 e. The summed E-state index contributed by atoms with van der Waals surface area (Å²) in [7, 11) is 0. The van der Waals surface area contributed by atoms with Gasteiger partial charge in [0.05, 0.1) is 17.3 Å². The molecule has 5 heteroatoms. The molecule has 5 nitrogen and oxygen atoms in total. The Hall–Kier alpha value is -2.27. The van der Waals surface area contributed by atoms with Crippen molar-refractivity contribution in [3.8, 4) is 0 Å². The van der Waals surface area contributed by atoms with Gasteiger partial charge in [0.25, 0.3) is 0 Å². The number of nitrogens with zero attached hydrogens (tertiary/aromatic N) is 3. The quantitative estimate of drug-likeness (QED) is 0.383. The molecule has 130 valence electrons. The van der Waals surface area contributed by atoms with Crippen molar-refractivity contribution in [3.63, 3.8) is 0 Å². The molecule has 0 amide bonds. The molecule has 0 spiro atoms. The van der Waals surface area contributed by atoms with Crippen molar-refractivity contribution in [2.75, 3.05) is 13.1 Å². The van der Waals surface area contributed by atoms with E-state index in [9.17, 15) is 5.21 Å². The van der Waals surface area contributed by atoms with Gasteiger partial charge in [-0.2, -0.15) is 0 Å². The fourth-order valence-electron chi connectivity index (χ4n) is 5.52. The van der Waals surface area contributed by atoms with Crippen molar-refractivity contribution < 1.29 is 5.21 Å². The molecule has 1 aromatic carbocycles. The molecule has 0 aliphatic carbocycles. The summed E-state index contributed by atoms with van der Waals surface area (Å²) >= 11 is 0. The van der Waals surface area contributed by atoms with Crippen LogP contribution in [0, 0.1) is 5.41 Å². The topological polar surface area (TPSA) is 66.8 Å². The maximum Gasteiger partial charge on any atom is 0.186 e. The van der Waals surface area contributed by atoms with E-state index in [1.54, 1.807) is 0 Å². The summed E-state index contributed by atoms with van der Waals surface area (Å²) in [5, 5.41) is 14.1. The highest BCUT2D eigenvalue weighted by atomic mass is 16.4. The fourth-order valence-corrected chi connectivity index (χ4v) is 5.52. The first-order valence-corrected chi connectivity index (χ1v) is 9.27. The zero-order chi connectivity index (χ0) is 17.2. The lowest BCUT2D eigenvalue weighted by molar-refractivity contribution is 0.0273. The van der Waals surface area contributed by atoms with E-state index in [1.165, 1.54) is 35.1 Å². The number of benzene rings is 1. The number of piperidine rings is 1. The van der Waals surface area contributed by atoms with Crippen molar-refractivity contribution in [1.29, 1.82) is 0 Å². The first kappa shape index (κ1) is 15.0. The smallest absolute Gasteiger partial charge is 0.186 e. The summed E-state index contributed by atoms with van der Waals surface area (Å²) in [5.41, 5.74) is 11.1. The Kier molecular flexibility index (Phi) is 3.07. The van der Waals surface area contributed by atoms with Crippen LogP contribution in [0.15, 0.2) is 35.5 Å². The van der Waals surface area contributed by atoms with Gasteiger partial charge in [0.1, 0.15) is 0 Å². The monoisotopic (exact) mass is 336 g/mol. The average Bonchev–Trinajstić information content (AvgIpc) is 3.01. The molecule has 2 aromatic rings. The molecule has 1 unspecified atom stereocenters. The molecule has 1 aromatic heterocycles. The van der Waals surface area contributed by atoms with E-state index < -0.39 is 0 Å². The summed E-state index contributed by atoms with van der Waals surface area (Å²) < 4.78 is 2.26. The van der Waals surface area contributed by atoms with Crippen LogP contribution in [0.25, 0.3) is 16.6 Å². The van der Waals surface area contributed by atoms with E-state index in [0.717, 1.165) is 31.5 Å². The zero-order valence-corrected chi connectivity index (χ0v) is 14.6. The third-order valence-corrected chi connectivity index (χ3v) is 6.62. The van der Waals surface area contributed by atoms with Crippen molar-refractivity contribution in [2.24, 2.45) is 16.3 Å². The molecule has 25 heavy (non-hydrogen) atoms. The van der Waals surface area contributed by atoms with Crippen LogP contribution >= 0.6 is 0 Å². The Morgan fingerprint density at radius 2 is 2.20 bits per heavy atom. The van der Waals surface area contributed by atoms with E-state index in [2.05, 4.69) is 51.9 Å². The zero-order valence-electron chi connectivity index (χ0n) is 14.6. The first-order chi connectivity index (χ1) is 12.2. The molecular formula is C20H24N4O. The molecule has 5 rings (SSSR count). The normalized spacial score (nSPS) is 28.8. The predicted octanol–water partition coefficient (Wildman–Crippen LogP) is 3.33. The van der Waals surface area contributed by atoms with Gasteiger partial charge in [-0.3, -0.25) is 4.90 Å². The second-order valence-electron chi connectivity index (χ2n) is 7.61. The van der Waals surface area contributed by atoms with Crippen LogP contribution in [0.4, 0.5) is 0 Å². The SMILES string of the molecule is CC[C@@]12C=C(/C(N)=N/O)n3c4c(c5ccccc53)CCN(CCC1)C42. The minimum atomic E-state index is 0.0719. The second kappa shape index (κ2) is 5.11. The molecule has 1 fully saturated rings. The van der Waals surface area contributed by atoms with Gasteiger partial charge in [0.2, 0.25) is 0 Å². The second-order valence-corrected chi connectivity index (χ2v) is 7.61. The first-order valence-electron chi connectivity index (χ1n) is 9.27. The third kappa shape index (κ3) is 1.79. The van der Waals surface area contributed by atoms with Gasteiger partial charge in [0.15, 0.2) is 5.84 Å². The maximum absolute atomic E-state index is 9.41. The number of rotatable bonds is 2. The van der Waals surface area contributed by atoms with Gasteiger partial charge < -0.3 is 15.5 Å². The Morgan fingerprint density at radius 1 is 1.36 bits per heavy atom. The summed E-state index contributed by atoms with van der Waals surface area (Å²) in [6.45, 7) is 4.57. The van der Waals surface area contributed by atoms with Crippen LogP contribution < -0.4 is 5.73 Å². The summed E-state index contributed by atoms with van der Waals surface area (Å²) in [6, 6.07) is 8.95. The molecule has 0 radical (unpaired) electrons. The number of hydrogen-bond acceptors (Lipinski definition) is 3. The van der Waals surface area contributed by atoms with Gasteiger partial charge in [-0.15, -0.1) is 0 Å². The molecule has 4 heterocycles. The molecule has 3 aliphatic heterocycles. The Balaban J connectivity index is 1.91. The van der Waals surface area contributed by atoms with Crippen molar-refractivity contribution in [1.82, 2.24) is 9.47 Å². The number of fused-ring (bicyclic) bond motifs is 3. The highest BCUT2D eigenvalue weighted by Crippen LogP contribution is 2.56. The number of para-hydroxylation sites is 1.